The predicted octanol–water partition coefficient (Wildman–Crippen LogP) is 2.27. The molecule has 0 fully saturated rings. The summed E-state index contributed by atoms with van der Waals surface area (Å²) in [5, 5.41) is 3.32. The molecular formula is C13H13N5. The molecule has 1 aromatic carbocycles. The highest BCUT2D eigenvalue weighted by atomic mass is 14.9. The van der Waals surface area contributed by atoms with E-state index in [1.54, 1.807) is 12.5 Å². The number of rotatable bonds is 3. The van der Waals surface area contributed by atoms with E-state index < -0.39 is 0 Å². The topological polar surface area (TPSA) is 66.5 Å². The van der Waals surface area contributed by atoms with Gasteiger partial charge in [0, 0.05) is 11.9 Å². The first-order valence-corrected chi connectivity index (χ1v) is 5.76. The minimum Gasteiger partial charge on any atom is -0.379 e. The minimum atomic E-state index is 0.682. The molecule has 3 rings (SSSR count). The van der Waals surface area contributed by atoms with Crippen LogP contribution in [-0.2, 0) is 6.54 Å². The maximum Gasteiger partial charge on any atom is 0.115 e. The first kappa shape index (κ1) is 10.7. The van der Waals surface area contributed by atoms with Crippen LogP contribution >= 0.6 is 0 Å². The van der Waals surface area contributed by atoms with Gasteiger partial charge in [0.25, 0.3) is 0 Å². The van der Waals surface area contributed by atoms with Crippen LogP contribution in [0.15, 0.2) is 36.8 Å². The number of aromatic amines is 1. The molecule has 5 heteroatoms. The van der Waals surface area contributed by atoms with Gasteiger partial charge in [-0.25, -0.2) is 15.0 Å². The summed E-state index contributed by atoms with van der Waals surface area (Å²) in [7, 11) is 0. The van der Waals surface area contributed by atoms with E-state index in [0.29, 0.717) is 6.54 Å². The molecule has 0 spiro atoms. The van der Waals surface area contributed by atoms with Crippen LogP contribution in [0.4, 0.5) is 5.69 Å². The van der Waals surface area contributed by atoms with Crippen molar-refractivity contribution in [1.82, 2.24) is 19.9 Å². The number of fused-ring (bicyclic) bond motifs is 1. The molecule has 0 amide bonds. The Balaban J connectivity index is 1.78. The minimum absolute atomic E-state index is 0.682. The quantitative estimate of drug-likeness (QED) is 0.735. The lowest BCUT2D eigenvalue weighted by atomic mass is 10.2. The number of anilines is 1. The molecule has 0 radical (unpaired) electrons. The number of benzene rings is 1. The molecule has 0 aliphatic carbocycles. The molecule has 0 unspecified atom stereocenters. The third-order valence-electron chi connectivity index (χ3n) is 2.72. The first-order chi connectivity index (χ1) is 8.81. The third kappa shape index (κ3) is 2.15. The normalized spacial score (nSPS) is 10.7. The lowest BCUT2D eigenvalue weighted by Crippen LogP contribution is -2.01. The lowest BCUT2D eigenvalue weighted by Gasteiger charge is -2.05. The maximum atomic E-state index is 4.37. The summed E-state index contributed by atoms with van der Waals surface area (Å²) in [4.78, 5) is 15.6. The molecule has 5 nitrogen and oxygen atoms in total. The van der Waals surface area contributed by atoms with Crippen LogP contribution in [0.2, 0.25) is 0 Å². The Hall–Kier alpha value is -2.43. The van der Waals surface area contributed by atoms with Crippen LogP contribution in [0.1, 0.15) is 11.5 Å². The molecule has 0 saturated heterocycles. The van der Waals surface area contributed by atoms with E-state index >= 15 is 0 Å². The van der Waals surface area contributed by atoms with Crippen molar-refractivity contribution in [3.8, 4) is 0 Å². The standard InChI is InChI=1S/C13H13N5/c1-9-17-12-3-2-10(6-13(12)18-9)15-7-11-4-5-14-8-16-11/h2-6,8,15H,7H2,1H3,(H,17,18). The fourth-order valence-electron chi connectivity index (χ4n) is 1.86. The summed E-state index contributed by atoms with van der Waals surface area (Å²) < 4.78 is 0. The molecule has 0 atom stereocenters. The summed E-state index contributed by atoms with van der Waals surface area (Å²) in [6.07, 6.45) is 3.30. The van der Waals surface area contributed by atoms with Crippen LogP contribution in [0, 0.1) is 6.92 Å². The largest absolute Gasteiger partial charge is 0.379 e. The fourth-order valence-corrected chi connectivity index (χ4v) is 1.86. The Morgan fingerprint density at radius 1 is 1.28 bits per heavy atom. The van der Waals surface area contributed by atoms with Gasteiger partial charge in [0.1, 0.15) is 12.2 Å². The molecule has 3 aromatic rings. The van der Waals surface area contributed by atoms with E-state index in [1.807, 2.05) is 25.1 Å². The number of H-pyrrole nitrogens is 1. The van der Waals surface area contributed by atoms with Gasteiger partial charge >= 0.3 is 0 Å². The van der Waals surface area contributed by atoms with Crippen molar-refractivity contribution < 1.29 is 0 Å². The Labute approximate surface area is 104 Å². The summed E-state index contributed by atoms with van der Waals surface area (Å²) in [5.74, 6) is 0.929. The zero-order valence-corrected chi connectivity index (χ0v) is 10.0. The highest BCUT2D eigenvalue weighted by molar-refractivity contribution is 5.79. The number of hydrogen-bond donors (Lipinski definition) is 2. The van der Waals surface area contributed by atoms with E-state index in [2.05, 4.69) is 31.3 Å². The Morgan fingerprint density at radius 3 is 3.06 bits per heavy atom. The molecule has 90 valence electrons. The Bertz CT molecular complexity index is 659. The zero-order chi connectivity index (χ0) is 12.4. The SMILES string of the molecule is Cc1nc2ccc(NCc3ccncn3)cc2[nH]1. The second-order valence-corrected chi connectivity index (χ2v) is 4.11. The fraction of sp³-hybridized carbons (Fsp3) is 0.154. The second-order valence-electron chi connectivity index (χ2n) is 4.11. The molecule has 2 heterocycles. The molecule has 0 bridgehead atoms. The molecule has 18 heavy (non-hydrogen) atoms. The highest BCUT2D eigenvalue weighted by Gasteiger charge is 2.01. The number of aromatic nitrogens is 4. The number of hydrogen-bond acceptors (Lipinski definition) is 4. The van der Waals surface area contributed by atoms with Crippen LogP contribution < -0.4 is 5.32 Å². The van der Waals surface area contributed by atoms with Crippen LogP contribution in [0.25, 0.3) is 11.0 Å². The van der Waals surface area contributed by atoms with Crippen molar-refractivity contribution >= 4 is 16.7 Å². The van der Waals surface area contributed by atoms with Crippen molar-refractivity contribution in [1.29, 1.82) is 0 Å². The molecule has 0 aliphatic heterocycles. The van der Waals surface area contributed by atoms with E-state index in [4.69, 9.17) is 0 Å². The van der Waals surface area contributed by atoms with Gasteiger partial charge < -0.3 is 10.3 Å². The van der Waals surface area contributed by atoms with Gasteiger partial charge in [-0.05, 0) is 31.2 Å². The van der Waals surface area contributed by atoms with Crippen LogP contribution in [0.5, 0.6) is 0 Å². The molecule has 2 N–H and O–H groups in total. The van der Waals surface area contributed by atoms with Gasteiger partial charge in [0.15, 0.2) is 0 Å². The van der Waals surface area contributed by atoms with Crippen molar-refractivity contribution in [3.05, 3.63) is 48.3 Å². The molecule has 0 aliphatic rings. The van der Waals surface area contributed by atoms with Crippen LogP contribution in [-0.4, -0.2) is 19.9 Å². The molecule has 0 saturated carbocycles. The van der Waals surface area contributed by atoms with Crippen molar-refractivity contribution in [2.45, 2.75) is 13.5 Å². The van der Waals surface area contributed by atoms with E-state index in [1.165, 1.54) is 0 Å². The van der Waals surface area contributed by atoms with Gasteiger partial charge in [-0.2, -0.15) is 0 Å². The van der Waals surface area contributed by atoms with Crippen molar-refractivity contribution in [2.75, 3.05) is 5.32 Å². The average Bonchev–Trinajstić information content (AvgIpc) is 2.77. The van der Waals surface area contributed by atoms with Gasteiger partial charge in [-0.15, -0.1) is 0 Å². The maximum absolute atomic E-state index is 4.37. The average molecular weight is 239 g/mol. The number of nitrogens with zero attached hydrogens (tertiary/aromatic N) is 3. The second kappa shape index (κ2) is 4.44. The summed E-state index contributed by atoms with van der Waals surface area (Å²) in [6.45, 7) is 2.63. The highest BCUT2D eigenvalue weighted by Crippen LogP contribution is 2.17. The summed E-state index contributed by atoms with van der Waals surface area (Å²) >= 11 is 0. The molecule has 2 aromatic heterocycles. The number of imidazole rings is 1. The first-order valence-electron chi connectivity index (χ1n) is 5.76. The zero-order valence-electron chi connectivity index (χ0n) is 10.0. The third-order valence-corrected chi connectivity index (χ3v) is 2.72. The smallest absolute Gasteiger partial charge is 0.115 e. The predicted molar refractivity (Wildman–Crippen MR) is 70.2 cm³/mol. The van der Waals surface area contributed by atoms with Gasteiger partial charge in [-0.3, -0.25) is 0 Å². The van der Waals surface area contributed by atoms with Crippen molar-refractivity contribution in [2.24, 2.45) is 0 Å². The van der Waals surface area contributed by atoms with Gasteiger partial charge in [-0.1, -0.05) is 0 Å². The monoisotopic (exact) mass is 239 g/mol. The van der Waals surface area contributed by atoms with E-state index in [9.17, 15) is 0 Å². The number of aryl methyl sites for hydroxylation is 1. The molecular weight excluding hydrogens is 226 g/mol. The summed E-state index contributed by atoms with van der Waals surface area (Å²) in [6, 6.07) is 7.97. The van der Waals surface area contributed by atoms with E-state index in [0.717, 1.165) is 28.2 Å². The number of nitrogens with one attached hydrogen (secondary N) is 2. The van der Waals surface area contributed by atoms with Crippen molar-refractivity contribution in [3.63, 3.8) is 0 Å². The lowest BCUT2D eigenvalue weighted by molar-refractivity contribution is 1.01. The van der Waals surface area contributed by atoms with Crippen LogP contribution in [0.3, 0.4) is 0 Å². The Kier molecular flexibility index (Phi) is 2.64. The van der Waals surface area contributed by atoms with Gasteiger partial charge in [0.05, 0.1) is 23.3 Å². The summed E-state index contributed by atoms with van der Waals surface area (Å²) in [5.41, 5.74) is 4.04. The van der Waals surface area contributed by atoms with Gasteiger partial charge in [0.2, 0.25) is 0 Å². The Morgan fingerprint density at radius 2 is 2.22 bits per heavy atom. The van der Waals surface area contributed by atoms with E-state index in [-0.39, 0.29) is 0 Å².